The van der Waals surface area contributed by atoms with Crippen molar-refractivity contribution in [1.29, 1.82) is 0 Å². The molecule has 6 nitrogen and oxygen atoms in total. The minimum absolute atomic E-state index is 0.286. The molecule has 0 fully saturated rings. The number of nitrogens with zero attached hydrogens (tertiary/aromatic N) is 2. The summed E-state index contributed by atoms with van der Waals surface area (Å²) in [5.74, 6) is 0.451. The second kappa shape index (κ2) is 8.99. The summed E-state index contributed by atoms with van der Waals surface area (Å²) in [7, 11) is 0. The molecule has 144 valence electrons. The van der Waals surface area contributed by atoms with Gasteiger partial charge in [-0.3, -0.25) is 9.59 Å². The first kappa shape index (κ1) is 19.4. The van der Waals surface area contributed by atoms with Gasteiger partial charge in [0.1, 0.15) is 11.8 Å². The first-order valence-electron chi connectivity index (χ1n) is 9.31. The van der Waals surface area contributed by atoms with Crippen LogP contribution in [0, 0.1) is 0 Å². The zero-order valence-corrected chi connectivity index (χ0v) is 16.0. The SMILES string of the molecule is CCOc1ccc(NC(=O)C(CC)n2nc(-c3ccccc3)ccc2=O)cc1. The highest BCUT2D eigenvalue weighted by atomic mass is 16.5. The van der Waals surface area contributed by atoms with Crippen LogP contribution in [0.3, 0.4) is 0 Å². The maximum atomic E-state index is 12.8. The number of amides is 1. The van der Waals surface area contributed by atoms with Crippen LogP contribution in [0.25, 0.3) is 11.3 Å². The highest BCUT2D eigenvalue weighted by Crippen LogP contribution is 2.19. The Morgan fingerprint density at radius 1 is 1.04 bits per heavy atom. The molecule has 0 bridgehead atoms. The average Bonchev–Trinajstić information content (AvgIpc) is 2.72. The standard InChI is InChI=1S/C22H23N3O3/c1-3-20(22(27)23-17-10-12-18(13-11-17)28-4-2)25-21(26)15-14-19(24-25)16-8-6-5-7-9-16/h5-15,20H,3-4H2,1-2H3,(H,23,27). The lowest BCUT2D eigenvalue weighted by Crippen LogP contribution is -2.34. The van der Waals surface area contributed by atoms with Crippen molar-refractivity contribution >= 4 is 11.6 Å². The Balaban J connectivity index is 1.84. The molecule has 1 heterocycles. The predicted molar refractivity (Wildman–Crippen MR) is 110 cm³/mol. The number of nitrogens with one attached hydrogen (secondary N) is 1. The van der Waals surface area contributed by atoms with Gasteiger partial charge in [-0.1, -0.05) is 37.3 Å². The fourth-order valence-corrected chi connectivity index (χ4v) is 2.91. The highest BCUT2D eigenvalue weighted by molar-refractivity contribution is 5.93. The Morgan fingerprint density at radius 3 is 2.39 bits per heavy atom. The van der Waals surface area contributed by atoms with Crippen molar-refractivity contribution in [1.82, 2.24) is 9.78 Å². The molecule has 1 amide bonds. The fraction of sp³-hybridized carbons (Fsp3) is 0.227. The molecule has 0 aliphatic rings. The van der Waals surface area contributed by atoms with E-state index in [1.54, 1.807) is 30.3 Å². The van der Waals surface area contributed by atoms with E-state index < -0.39 is 6.04 Å². The summed E-state index contributed by atoms with van der Waals surface area (Å²) in [6, 6.07) is 19.1. The normalized spacial score (nSPS) is 11.6. The van der Waals surface area contributed by atoms with Crippen LogP contribution in [0.5, 0.6) is 5.75 Å². The summed E-state index contributed by atoms with van der Waals surface area (Å²) >= 11 is 0. The Bertz CT molecular complexity index is 982. The average molecular weight is 377 g/mol. The van der Waals surface area contributed by atoms with Crippen molar-refractivity contribution in [2.24, 2.45) is 0 Å². The maximum absolute atomic E-state index is 12.8. The molecule has 1 aromatic heterocycles. The summed E-state index contributed by atoms with van der Waals surface area (Å²) in [5, 5.41) is 7.29. The van der Waals surface area contributed by atoms with E-state index in [2.05, 4.69) is 10.4 Å². The fourth-order valence-electron chi connectivity index (χ4n) is 2.91. The van der Waals surface area contributed by atoms with Crippen molar-refractivity contribution in [2.45, 2.75) is 26.3 Å². The Hall–Kier alpha value is -3.41. The van der Waals surface area contributed by atoms with Gasteiger partial charge in [-0.25, -0.2) is 4.68 Å². The summed E-state index contributed by atoms with van der Waals surface area (Å²) in [6.45, 7) is 4.34. The topological polar surface area (TPSA) is 73.2 Å². The predicted octanol–water partition coefficient (Wildman–Crippen LogP) is 3.90. The lowest BCUT2D eigenvalue weighted by atomic mass is 10.1. The molecule has 1 atom stereocenters. The van der Waals surface area contributed by atoms with Crippen LogP contribution in [0.1, 0.15) is 26.3 Å². The molecule has 0 aliphatic carbocycles. The molecule has 0 saturated carbocycles. The van der Waals surface area contributed by atoms with Gasteiger partial charge in [-0.15, -0.1) is 0 Å². The monoisotopic (exact) mass is 377 g/mol. The van der Waals surface area contributed by atoms with Crippen LogP contribution in [0.15, 0.2) is 71.5 Å². The van der Waals surface area contributed by atoms with Crippen molar-refractivity contribution in [3.8, 4) is 17.0 Å². The smallest absolute Gasteiger partial charge is 0.267 e. The molecular weight excluding hydrogens is 354 g/mol. The molecule has 6 heteroatoms. The van der Waals surface area contributed by atoms with E-state index in [1.165, 1.54) is 10.7 Å². The van der Waals surface area contributed by atoms with Crippen LogP contribution in [-0.4, -0.2) is 22.3 Å². The van der Waals surface area contributed by atoms with E-state index in [9.17, 15) is 9.59 Å². The third-order valence-corrected chi connectivity index (χ3v) is 4.31. The molecule has 0 aliphatic heterocycles. The van der Waals surface area contributed by atoms with Gasteiger partial charge in [0.15, 0.2) is 0 Å². The van der Waals surface area contributed by atoms with Gasteiger partial charge in [0.05, 0.1) is 12.3 Å². The molecule has 3 rings (SSSR count). The second-order valence-electron chi connectivity index (χ2n) is 6.24. The number of benzene rings is 2. The number of hydrogen-bond acceptors (Lipinski definition) is 4. The molecule has 1 N–H and O–H groups in total. The van der Waals surface area contributed by atoms with Gasteiger partial charge in [0.2, 0.25) is 5.91 Å². The van der Waals surface area contributed by atoms with Crippen molar-refractivity contribution in [3.63, 3.8) is 0 Å². The zero-order chi connectivity index (χ0) is 19.9. The maximum Gasteiger partial charge on any atom is 0.267 e. The molecule has 3 aromatic rings. The molecule has 1 unspecified atom stereocenters. The van der Waals surface area contributed by atoms with Crippen molar-refractivity contribution in [2.75, 3.05) is 11.9 Å². The summed E-state index contributed by atoms with van der Waals surface area (Å²) in [5.41, 5.74) is 1.86. The van der Waals surface area contributed by atoms with Crippen LogP contribution in [0.2, 0.25) is 0 Å². The molecule has 28 heavy (non-hydrogen) atoms. The Morgan fingerprint density at radius 2 is 1.75 bits per heavy atom. The van der Waals surface area contributed by atoms with Crippen LogP contribution in [0.4, 0.5) is 5.69 Å². The second-order valence-corrected chi connectivity index (χ2v) is 6.24. The van der Waals surface area contributed by atoms with Crippen molar-refractivity contribution in [3.05, 3.63) is 77.1 Å². The van der Waals surface area contributed by atoms with Gasteiger partial charge in [0.25, 0.3) is 5.56 Å². The van der Waals surface area contributed by atoms with Gasteiger partial charge in [-0.05, 0) is 43.7 Å². The number of anilines is 1. The molecule has 0 spiro atoms. The van der Waals surface area contributed by atoms with Gasteiger partial charge in [-0.2, -0.15) is 5.10 Å². The first-order valence-corrected chi connectivity index (χ1v) is 9.31. The quantitative estimate of drug-likeness (QED) is 0.678. The number of rotatable bonds is 7. The number of carbonyl (C=O) groups excluding carboxylic acids is 1. The van der Waals surface area contributed by atoms with E-state index in [-0.39, 0.29) is 11.5 Å². The van der Waals surface area contributed by atoms with E-state index in [0.29, 0.717) is 24.4 Å². The Labute approximate surface area is 163 Å². The Kier molecular flexibility index (Phi) is 6.22. The first-order chi connectivity index (χ1) is 13.6. The number of hydrogen-bond donors (Lipinski definition) is 1. The van der Waals surface area contributed by atoms with Crippen LogP contribution < -0.4 is 15.6 Å². The lowest BCUT2D eigenvalue weighted by molar-refractivity contribution is -0.119. The minimum atomic E-state index is -0.706. The minimum Gasteiger partial charge on any atom is -0.494 e. The number of carbonyl (C=O) groups is 1. The largest absolute Gasteiger partial charge is 0.494 e. The van der Waals surface area contributed by atoms with E-state index in [0.717, 1.165) is 11.3 Å². The number of ether oxygens (including phenoxy) is 1. The van der Waals surface area contributed by atoms with E-state index >= 15 is 0 Å². The van der Waals surface area contributed by atoms with E-state index in [1.807, 2.05) is 44.2 Å². The van der Waals surface area contributed by atoms with Gasteiger partial charge >= 0.3 is 0 Å². The van der Waals surface area contributed by atoms with Gasteiger partial charge < -0.3 is 10.1 Å². The van der Waals surface area contributed by atoms with Crippen LogP contribution >= 0.6 is 0 Å². The molecule has 0 saturated heterocycles. The summed E-state index contributed by atoms with van der Waals surface area (Å²) < 4.78 is 6.66. The van der Waals surface area contributed by atoms with Crippen molar-refractivity contribution < 1.29 is 9.53 Å². The molecule has 2 aromatic carbocycles. The van der Waals surface area contributed by atoms with Crippen LogP contribution in [-0.2, 0) is 4.79 Å². The van der Waals surface area contributed by atoms with E-state index in [4.69, 9.17) is 4.74 Å². The molecule has 0 radical (unpaired) electrons. The third kappa shape index (κ3) is 4.46. The number of aromatic nitrogens is 2. The van der Waals surface area contributed by atoms with Gasteiger partial charge in [0, 0.05) is 17.3 Å². The summed E-state index contributed by atoms with van der Waals surface area (Å²) in [4.78, 5) is 25.2. The molecular formula is C22H23N3O3. The summed E-state index contributed by atoms with van der Waals surface area (Å²) in [6.07, 6.45) is 0.439. The third-order valence-electron chi connectivity index (χ3n) is 4.31. The highest BCUT2D eigenvalue weighted by Gasteiger charge is 2.21. The lowest BCUT2D eigenvalue weighted by Gasteiger charge is -2.17. The zero-order valence-electron chi connectivity index (χ0n) is 16.0.